The minimum Gasteiger partial charge on any atom is -0.452 e. The molecule has 1 fully saturated rings. The summed E-state index contributed by atoms with van der Waals surface area (Å²) in [7, 11) is -3.46. The molecule has 0 aromatic heterocycles. The van der Waals surface area contributed by atoms with Crippen LogP contribution in [0.1, 0.15) is 21.5 Å². The number of ether oxygens (including phenoxy) is 1. The van der Waals surface area contributed by atoms with Gasteiger partial charge in [0.25, 0.3) is 5.91 Å². The van der Waals surface area contributed by atoms with Gasteiger partial charge in [-0.15, -0.1) is 0 Å². The number of nitrogens with zero attached hydrogens (tertiary/aromatic N) is 2. The molecule has 2 N–H and O–H groups in total. The van der Waals surface area contributed by atoms with Crippen LogP contribution in [0.4, 0.5) is 5.69 Å². The summed E-state index contributed by atoms with van der Waals surface area (Å²) in [6.07, 6.45) is 0. The number of piperazine rings is 1. The summed E-state index contributed by atoms with van der Waals surface area (Å²) in [5, 5.41) is 0. The second-order valence-electron chi connectivity index (χ2n) is 7.13. The second-order valence-corrected chi connectivity index (χ2v) is 9.10. The maximum atomic E-state index is 12.6. The van der Waals surface area contributed by atoms with Crippen LogP contribution in [0, 0.1) is 6.92 Å². The number of amides is 1. The fourth-order valence-corrected chi connectivity index (χ4v) is 4.76. The van der Waals surface area contributed by atoms with Gasteiger partial charge in [-0.1, -0.05) is 42.5 Å². The molecule has 0 atom stereocenters. The Bertz CT molecular complexity index is 1020. The Labute approximate surface area is 176 Å². The monoisotopic (exact) mass is 431 g/mol. The standard InChI is InChI=1S/C21H25N3O5S/c1-16-6-5-9-18(20(16)22)21(26)29-14-19(25)23-10-12-24(13-11-23)30(27,28)15-17-7-3-2-4-8-17/h2-9H,10-15,22H2,1H3. The predicted molar refractivity (Wildman–Crippen MR) is 113 cm³/mol. The van der Waals surface area contributed by atoms with E-state index in [0.29, 0.717) is 5.69 Å². The van der Waals surface area contributed by atoms with E-state index in [1.807, 2.05) is 6.07 Å². The Morgan fingerprint density at radius 3 is 2.33 bits per heavy atom. The van der Waals surface area contributed by atoms with E-state index in [9.17, 15) is 18.0 Å². The third kappa shape index (κ3) is 5.17. The highest BCUT2D eigenvalue weighted by atomic mass is 32.2. The van der Waals surface area contributed by atoms with Crippen LogP contribution >= 0.6 is 0 Å². The predicted octanol–water partition coefficient (Wildman–Crippen LogP) is 1.41. The number of para-hydroxylation sites is 1. The Morgan fingerprint density at radius 1 is 1.00 bits per heavy atom. The number of carbonyl (C=O) groups excluding carboxylic acids is 2. The molecule has 1 amide bonds. The first-order valence-corrected chi connectivity index (χ1v) is 11.2. The van der Waals surface area contributed by atoms with Gasteiger partial charge in [-0.25, -0.2) is 13.2 Å². The zero-order valence-corrected chi connectivity index (χ0v) is 17.6. The average Bonchev–Trinajstić information content (AvgIpc) is 2.74. The van der Waals surface area contributed by atoms with Gasteiger partial charge in [0.1, 0.15) is 0 Å². The average molecular weight is 432 g/mol. The first kappa shape index (κ1) is 21.8. The van der Waals surface area contributed by atoms with Crippen molar-refractivity contribution in [2.75, 3.05) is 38.5 Å². The van der Waals surface area contributed by atoms with E-state index in [1.165, 1.54) is 9.21 Å². The van der Waals surface area contributed by atoms with Crippen molar-refractivity contribution in [3.63, 3.8) is 0 Å². The fourth-order valence-electron chi connectivity index (χ4n) is 3.25. The first-order chi connectivity index (χ1) is 14.3. The van der Waals surface area contributed by atoms with Crippen LogP contribution in [0.15, 0.2) is 48.5 Å². The zero-order chi connectivity index (χ0) is 21.7. The van der Waals surface area contributed by atoms with Gasteiger partial charge in [-0.05, 0) is 24.1 Å². The van der Waals surface area contributed by atoms with Crippen molar-refractivity contribution in [3.8, 4) is 0 Å². The van der Waals surface area contributed by atoms with E-state index >= 15 is 0 Å². The number of carbonyl (C=O) groups is 2. The molecule has 2 aromatic carbocycles. The van der Waals surface area contributed by atoms with Crippen molar-refractivity contribution in [2.45, 2.75) is 12.7 Å². The third-order valence-corrected chi connectivity index (χ3v) is 6.90. The largest absolute Gasteiger partial charge is 0.452 e. The van der Waals surface area contributed by atoms with Gasteiger partial charge >= 0.3 is 5.97 Å². The van der Waals surface area contributed by atoms with Crippen molar-refractivity contribution in [1.82, 2.24) is 9.21 Å². The van der Waals surface area contributed by atoms with Crippen molar-refractivity contribution in [2.24, 2.45) is 0 Å². The highest BCUT2D eigenvalue weighted by molar-refractivity contribution is 7.88. The summed E-state index contributed by atoms with van der Waals surface area (Å²) in [6, 6.07) is 14.0. The number of hydrogen-bond donors (Lipinski definition) is 1. The van der Waals surface area contributed by atoms with Crippen molar-refractivity contribution >= 4 is 27.6 Å². The number of nitrogens with two attached hydrogens (primary N) is 1. The lowest BCUT2D eigenvalue weighted by molar-refractivity contribution is -0.135. The molecule has 0 spiro atoms. The summed E-state index contributed by atoms with van der Waals surface area (Å²) in [6.45, 7) is 2.28. The minimum absolute atomic E-state index is 0.0721. The minimum atomic E-state index is -3.46. The molecule has 0 aliphatic carbocycles. The molecule has 0 radical (unpaired) electrons. The van der Waals surface area contributed by atoms with Crippen LogP contribution in [-0.2, 0) is 25.3 Å². The molecule has 1 aliphatic heterocycles. The topological polar surface area (TPSA) is 110 Å². The Morgan fingerprint density at radius 2 is 1.67 bits per heavy atom. The molecule has 160 valence electrons. The van der Waals surface area contributed by atoms with Crippen LogP contribution in [0.2, 0.25) is 0 Å². The van der Waals surface area contributed by atoms with Crippen molar-refractivity contribution in [1.29, 1.82) is 0 Å². The van der Waals surface area contributed by atoms with Crippen LogP contribution in [0.5, 0.6) is 0 Å². The Kier molecular flexibility index (Phi) is 6.73. The van der Waals surface area contributed by atoms with Gasteiger partial charge in [-0.3, -0.25) is 4.79 Å². The Hall–Kier alpha value is -2.91. The van der Waals surface area contributed by atoms with Crippen LogP contribution in [0.3, 0.4) is 0 Å². The number of hydrogen-bond acceptors (Lipinski definition) is 6. The number of benzene rings is 2. The van der Waals surface area contributed by atoms with Gasteiger partial charge in [-0.2, -0.15) is 4.31 Å². The molecule has 1 heterocycles. The zero-order valence-electron chi connectivity index (χ0n) is 16.8. The molecule has 8 nitrogen and oxygen atoms in total. The van der Waals surface area contributed by atoms with Crippen LogP contribution in [-0.4, -0.2) is 62.3 Å². The molecule has 1 aliphatic rings. The summed E-state index contributed by atoms with van der Waals surface area (Å²) >= 11 is 0. The van der Waals surface area contributed by atoms with Gasteiger partial charge in [0.2, 0.25) is 10.0 Å². The molecular formula is C21H25N3O5S. The number of sulfonamides is 1. The lowest BCUT2D eigenvalue weighted by atomic mass is 10.1. The van der Waals surface area contributed by atoms with E-state index in [2.05, 4.69) is 0 Å². The number of nitrogen functional groups attached to an aromatic ring is 1. The van der Waals surface area contributed by atoms with Crippen LogP contribution in [0.25, 0.3) is 0 Å². The number of esters is 1. The molecule has 0 unspecified atom stereocenters. The van der Waals surface area contributed by atoms with Gasteiger partial charge < -0.3 is 15.4 Å². The number of aryl methyl sites for hydroxylation is 1. The second kappa shape index (κ2) is 9.27. The molecule has 30 heavy (non-hydrogen) atoms. The highest BCUT2D eigenvalue weighted by Crippen LogP contribution is 2.18. The summed E-state index contributed by atoms with van der Waals surface area (Å²) in [5.74, 6) is -1.10. The molecule has 2 aromatic rings. The van der Waals surface area contributed by atoms with E-state index in [4.69, 9.17) is 10.5 Å². The van der Waals surface area contributed by atoms with Gasteiger partial charge in [0, 0.05) is 31.9 Å². The van der Waals surface area contributed by atoms with E-state index in [0.717, 1.165) is 11.1 Å². The van der Waals surface area contributed by atoms with Gasteiger partial charge in [0.15, 0.2) is 6.61 Å². The van der Waals surface area contributed by atoms with Crippen molar-refractivity contribution in [3.05, 3.63) is 65.2 Å². The van der Waals surface area contributed by atoms with Crippen LogP contribution < -0.4 is 5.73 Å². The smallest absolute Gasteiger partial charge is 0.340 e. The maximum absolute atomic E-state index is 12.6. The maximum Gasteiger partial charge on any atom is 0.340 e. The van der Waals surface area contributed by atoms with E-state index in [1.54, 1.807) is 49.4 Å². The molecule has 1 saturated heterocycles. The van der Waals surface area contributed by atoms with Gasteiger partial charge in [0.05, 0.1) is 11.3 Å². The van der Waals surface area contributed by atoms with Crippen molar-refractivity contribution < 1.29 is 22.7 Å². The normalized spacial score (nSPS) is 15.0. The summed E-state index contributed by atoms with van der Waals surface area (Å²) in [5.41, 5.74) is 7.91. The number of rotatable bonds is 6. The quantitative estimate of drug-likeness (QED) is 0.547. The SMILES string of the molecule is Cc1cccc(C(=O)OCC(=O)N2CCN(S(=O)(=O)Cc3ccccc3)CC2)c1N. The Balaban J connectivity index is 1.50. The lowest BCUT2D eigenvalue weighted by Crippen LogP contribution is -2.51. The molecule has 0 saturated carbocycles. The lowest BCUT2D eigenvalue weighted by Gasteiger charge is -2.33. The summed E-state index contributed by atoms with van der Waals surface area (Å²) in [4.78, 5) is 26.1. The third-order valence-electron chi connectivity index (χ3n) is 5.05. The molecule has 9 heteroatoms. The first-order valence-electron chi connectivity index (χ1n) is 9.59. The molecule has 3 rings (SSSR count). The highest BCUT2D eigenvalue weighted by Gasteiger charge is 2.29. The van der Waals surface area contributed by atoms with E-state index < -0.39 is 22.6 Å². The molecule has 0 bridgehead atoms. The molecular weight excluding hydrogens is 406 g/mol. The number of anilines is 1. The fraction of sp³-hybridized carbons (Fsp3) is 0.333. The van der Waals surface area contributed by atoms with E-state index in [-0.39, 0.29) is 43.4 Å². The summed E-state index contributed by atoms with van der Waals surface area (Å²) < 4.78 is 31.7.